The van der Waals surface area contributed by atoms with Crippen LogP contribution in [0.5, 0.6) is 5.75 Å². The van der Waals surface area contributed by atoms with E-state index in [1.54, 1.807) is 23.2 Å². The van der Waals surface area contributed by atoms with Crippen molar-refractivity contribution in [2.24, 2.45) is 0 Å². The molecule has 2 aromatic heterocycles. The SMILES string of the molecule is CC.CCNC(=O)CN1CC(Oc2c(C)cc(Cl)cc2-c2ccnc3cc(CN4C(=O)CCC4=O)sc23)[C@@H](F)C1. The highest BCUT2D eigenvalue weighted by atomic mass is 35.5. The van der Waals surface area contributed by atoms with Crippen molar-refractivity contribution in [3.63, 3.8) is 0 Å². The maximum Gasteiger partial charge on any atom is 0.234 e. The number of aromatic nitrogens is 1. The minimum atomic E-state index is -1.26. The molecular formula is C29H34ClFN4O4S. The number of amides is 3. The highest BCUT2D eigenvalue weighted by Gasteiger charge is 2.36. The van der Waals surface area contributed by atoms with E-state index in [2.05, 4.69) is 10.3 Å². The van der Waals surface area contributed by atoms with Gasteiger partial charge in [-0.15, -0.1) is 11.3 Å². The molecule has 5 rings (SSSR count). The van der Waals surface area contributed by atoms with E-state index in [0.29, 0.717) is 22.9 Å². The lowest BCUT2D eigenvalue weighted by Gasteiger charge is -2.21. The first-order valence-electron chi connectivity index (χ1n) is 13.5. The molecule has 0 radical (unpaired) electrons. The Morgan fingerprint density at radius 3 is 2.60 bits per heavy atom. The second-order valence-corrected chi connectivity index (χ2v) is 11.2. The molecular weight excluding hydrogens is 555 g/mol. The summed E-state index contributed by atoms with van der Waals surface area (Å²) in [7, 11) is 0. The van der Waals surface area contributed by atoms with Crippen LogP contribution in [-0.4, -0.2) is 71.0 Å². The lowest BCUT2D eigenvalue weighted by atomic mass is 10.0. The van der Waals surface area contributed by atoms with Crippen LogP contribution in [0, 0.1) is 6.92 Å². The zero-order valence-electron chi connectivity index (χ0n) is 23.1. The van der Waals surface area contributed by atoms with Gasteiger partial charge in [0.25, 0.3) is 0 Å². The number of thiophene rings is 1. The number of nitrogens with zero attached hydrogens (tertiary/aromatic N) is 3. The largest absolute Gasteiger partial charge is 0.485 e. The summed E-state index contributed by atoms with van der Waals surface area (Å²) in [6, 6.07) is 7.31. The lowest BCUT2D eigenvalue weighted by Crippen LogP contribution is -2.36. The average Bonchev–Trinajstić information content (AvgIpc) is 3.59. The number of benzene rings is 1. The third kappa shape index (κ3) is 6.45. The smallest absolute Gasteiger partial charge is 0.234 e. The number of aryl methyl sites for hydroxylation is 1. The Morgan fingerprint density at radius 2 is 1.90 bits per heavy atom. The fraction of sp³-hybridized carbons (Fsp3) is 0.448. The van der Waals surface area contributed by atoms with Gasteiger partial charge in [-0.2, -0.15) is 0 Å². The molecule has 2 saturated heterocycles. The topological polar surface area (TPSA) is 91.8 Å². The Morgan fingerprint density at radius 1 is 1.18 bits per heavy atom. The van der Waals surface area contributed by atoms with E-state index in [1.165, 1.54) is 16.2 Å². The number of nitrogens with one attached hydrogen (secondary N) is 1. The summed E-state index contributed by atoms with van der Waals surface area (Å²) >= 11 is 7.90. The van der Waals surface area contributed by atoms with Crippen molar-refractivity contribution in [2.75, 3.05) is 26.2 Å². The lowest BCUT2D eigenvalue weighted by molar-refractivity contribution is -0.139. The van der Waals surface area contributed by atoms with Gasteiger partial charge >= 0.3 is 0 Å². The van der Waals surface area contributed by atoms with Crippen molar-refractivity contribution in [2.45, 2.75) is 59.4 Å². The molecule has 2 aliphatic heterocycles. The van der Waals surface area contributed by atoms with Gasteiger partial charge in [-0.1, -0.05) is 25.4 Å². The van der Waals surface area contributed by atoms with Gasteiger partial charge in [0.2, 0.25) is 17.7 Å². The van der Waals surface area contributed by atoms with Crippen LogP contribution in [0.2, 0.25) is 5.02 Å². The molecule has 2 aliphatic rings. The number of hydrogen-bond donors (Lipinski definition) is 1. The highest BCUT2D eigenvalue weighted by Crippen LogP contribution is 2.42. The van der Waals surface area contributed by atoms with Crippen LogP contribution in [0.25, 0.3) is 21.3 Å². The number of fused-ring (bicyclic) bond motifs is 1. The Balaban J connectivity index is 0.00000181. The normalized spacial score (nSPS) is 19.2. The van der Waals surface area contributed by atoms with Gasteiger partial charge in [0.15, 0.2) is 6.17 Å². The summed E-state index contributed by atoms with van der Waals surface area (Å²) in [6.07, 6.45) is 0.169. The number of halogens is 2. The predicted molar refractivity (Wildman–Crippen MR) is 155 cm³/mol. The van der Waals surface area contributed by atoms with Crippen LogP contribution >= 0.6 is 22.9 Å². The number of rotatable bonds is 8. The van der Waals surface area contributed by atoms with Gasteiger partial charge in [0, 0.05) is 59.7 Å². The van der Waals surface area contributed by atoms with Gasteiger partial charge in [-0.3, -0.25) is 29.2 Å². The Labute approximate surface area is 242 Å². The second-order valence-electron chi connectivity index (χ2n) is 9.58. The maximum absolute atomic E-state index is 15.0. The predicted octanol–water partition coefficient (Wildman–Crippen LogP) is 5.14. The van der Waals surface area contributed by atoms with Gasteiger partial charge in [-0.25, -0.2) is 4.39 Å². The molecule has 2 atom stereocenters. The van der Waals surface area contributed by atoms with Crippen molar-refractivity contribution in [1.29, 1.82) is 0 Å². The molecule has 8 nitrogen and oxygen atoms in total. The number of hydrogen-bond acceptors (Lipinski definition) is 7. The van der Waals surface area contributed by atoms with Crippen LogP contribution < -0.4 is 10.1 Å². The molecule has 4 heterocycles. The number of likely N-dealkylation sites (tertiary alicyclic amines) is 2. The first kappa shape index (κ1) is 29.9. The van der Waals surface area contributed by atoms with Crippen molar-refractivity contribution >= 4 is 50.9 Å². The van der Waals surface area contributed by atoms with E-state index >= 15 is 4.39 Å². The average molecular weight is 589 g/mol. The van der Waals surface area contributed by atoms with Crippen molar-refractivity contribution < 1.29 is 23.5 Å². The monoisotopic (exact) mass is 588 g/mol. The third-order valence-corrected chi connectivity index (χ3v) is 8.11. The summed E-state index contributed by atoms with van der Waals surface area (Å²) in [4.78, 5) is 44.6. The number of ether oxygens (including phenoxy) is 1. The van der Waals surface area contributed by atoms with Crippen molar-refractivity contribution in [3.8, 4) is 16.9 Å². The van der Waals surface area contributed by atoms with E-state index in [1.807, 2.05) is 39.8 Å². The molecule has 0 saturated carbocycles. The zero-order chi connectivity index (χ0) is 29.0. The third-order valence-electron chi connectivity index (χ3n) is 6.75. The molecule has 3 aromatic rings. The number of pyridine rings is 1. The van der Waals surface area contributed by atoms with Crippen LogP contribution in [-0.2, 0) is 20.9 Å². The summed E-state index contributed by atoms with van der Waals surface area (Å²) < 4.78 is 22.2. The summed E-state index contributed by atoms with van der Waals surface area (Å²) in [5.74, 6) is 0.0451. The molecule has 11 heteroatoms. The minimum absolute atomic E-state index is 0.117. The molecule has 1 aromatic carbocycles. The molecule has 3 amide bonds. The van der Waals surface area contributed by atoms with Crippen LogP contribution in [0.1, 0.15) is 44.1 Å². The Hall–Kier alpha value is -3.08. The van der Waals surface area contributed by atoms with Gasteiger partial charge in [-0.05, 0) is 43.7 Å². The van der Waals surface area contributed by atoms with Crippen LogP contribution in [0.4, 0.5) is 4.39 Å². The van der Waals surface area contributed by atoms with E-state index in [-0.39, 0.29) is 56.7 Å². The van der Waals surface area contributed by atoms with E-state index in [4.69, 9.17) is 16.3 Å². The highest BCUT2D eigenvalue weighted by molar-refractivity contribution is 7.19. The summed E-state index contributed by atoms with van der Waals surface area (Å²) in [6.45, 7) is 8.96. The number of imide groups is 1. The van der Waals surface area contributed by atoms with E-state index < -0.39 is 12.3 Å². The van der Waals surface area contributed by atoms with Gasteiger partial charge < -0.3 is 10.1 Å². The number of alkyl halides is 1. The molecule has 1 N–H and O–H groups in total. The molecule has 40 heavy (non-hydrogen) atoms. The first-order chi connectivity index (χ1) is 19.2. The molecule has 214 valence electrons. The maximum atomic E-state index is 15.0. The molecule has 2 fully saturated rings. The summed E-state index contributed by atoms with van der Waals surface area (Å²) in [5.41, 5.74) is 3.01. The quantitative estimate of drug-likeness (QED) is 0.367. The van der Waals surface area contributed by atoms with E-state index in [9.17, 15) is 14.4 Å². The Kier molecular flexibility index (Phi) is 9.76. The number of likely N-dealkylation sites (N-methyl/N-ethyl adjacent to an activating group) is 1. The van der Waals surface area contributed by atoms with Gasteiger partial charge in [0.1, 0.15) is 11.9 Å². The van der Waals surface area contributed by atoms with E-state index in [0.717, 1.165) is 26.2 Å². The van der Waals surface area contributed by atoms with Crippen molar-refractivity contribution in [1.82, 2.24) is 20.1 Å². The molecule has 1 unspecified atom stereocenters. The minimum Gasteiger partial charge on any atom is -0.485 e. The molecule has 0 bridgehead atoms. The fourth-order valence-corrected chi connectivity index (χ4v) is 6.38. The number of carbonyl (C=O) groups is 3. The standard InChI is InChI=1S/C27H28ClFN4O4S.C2H6/c1-3-30-23(34)14-32-12-20(29)22(13-32)37-26-15(2)8-16(28)9-19(26)18-6-7-31-21-10-17(38-27(18)21)11-33-24(35)4-5-25(33)36;1-2/h6-10,20,22H,3-5,11-14H2,1-2H3,(H,30,34);1-2H3/t20-,22?;/m0./s1. The summed E-state index contributed by atoms with van der Waals surface area (Å²) in [5, 5.41) is 3.26. The Bertz CT molecular complexity index is 1400. The molecule has 0 aliphatic carbocycles. The second kappa shape index (κ2) is 13.1. The van der Waals surface area contributed by atoms with Crippen molar-refractivity contribution in [3.05, 3.63) is 45.9 Å². The molecule has 0 spiro atoms. The fourth-order valence-electron chi connectivity index (χ4n) is 4.97. The zero-order valence-corrected chi connectivity index (χ0v) is 24.7. The van der Waals surface area contributed by atoms with Crippen LogP contribution in [0.15, 0.2) is 30.5 Å². The van der Waals surface area contributed by atoms with Gasteiger partial charge in [0.05, 0.1) is 23.3 Å². The first-order valence-corrected chi connectivity index (χ1v) is 14.7. The van der Waals surface area contributed by atoms with Crippen LogP contribution in [0.3, 0.4) is 0 Å². The number of carbonyl (C=O) groups excluding carboxylic acids is 3.